The van der Waals surface area contributed by atoms with E-state index >= 15 is 0 Å². The van der Waals surface area contributed by atoms with Gasteiger partial charge in [-0.05, 0) is 54.6 Å². The largest absolute Gasteiger partial charge is 0.444 e. The van der Waals surface area contributed by atoms with E-state index in [0.29, 0.717) is 0 Å². The minimum absolute atomic E-state index is 0.438. The maximum atomic E-state index is 11.8. The van der Waals surface area contributed by atoms with Crippen LogP contribution in [0.15, 0.2) is 27.6 Å². The van der Waals surface area contributed by atoms with Crippen molar-refractivity contribution in [1.82, 2.24) is 0 Å². The summed E-state index contributed by atoms with van der Waals surface area (Å²) in [5, 5.41) is 2.79. The minimum atomic E-state index is -0.497. The Bertz CT molecular complexity index is 429. The number of para-hydroxylation sites is 1. The fourth-order valence-electron chi connectivity index (χ4n) is 1.31. The van der Waals surface area contributed by atoms with Crippen LogP contribution in [0.2, 0.25) is 0 Å². The average molecular weight is 332 g/mol. The van der Waals surface area contributed by atoms with Gasteiger partial charge < -0.3 is 4.74 Å². The first-order chi connectivity index (χ1) is 8.33. The van der Waals surface area contributed by atoms with Gasteiger partial charge in [-0.1, -0.05) is 13.0 Å². The summed E-state index contributed by atoms with van der Waals surface area (Å²) in [6, 6.07) is 5.82. The minimum Gasteiger partial charge on any atom is -0.444 e. The van der Waals surface area contributed by atoms with Crippen LogP contribution >= 0.6 is 27.7 Å². The van der Waals surface area contributed by atoms with Crippen LogP contribution in [0, 0.1) is 0 Å². The standard InChI is InChI=1S/C13H18BrNO2S/c1-5-18-10-8-6-7-9(14)11(10)15-12(16)17-13(2,3)4/h6-8H,5H2,1-4H3,(H,15,16). The average Bonchev–Trinajstić information content (AvgIpc) is 2.21. The number of ether oxygens (including phenoxy) is 1. The first-order valence-electron chi connectivity index (χ1n) is 5.75. The van der Waals surface area contributed by atoms with Crippen molar-refractivity contribution in [2.45, 2.75) is 38.2 Å². The van der Waals surface area contributed by atoms with Gasteiger partial charge in [-0.25, -0.2) is 4.79 Å². The normalized spacial score (nSPS) is 11.2. The Labute approximate surface area is 121 Å². The fraction of sp³-hybridized carbons (Fsp3) is 0.462. The lowest BCUT2D eigenvalue weighted by Gasteiger charge is -2.20. The second-order valence-electron chi connectivity index (χ2n) is 4.67. The van der Waals surface area contributed by atoms with Crippen LogP contribution < -0.4 is 5.32 Å². The molecule has 0 heterocycles. The van der Waals surface area contributed by atoms with Gasteiger partial charge in [0.15, 0.2) is 0 Å². The second kappa shape index (κ2) is 6.48. The van der Waals surface area contributed by atoms with Crippen molar-refractivity contribution >= 4 is 39.5 Å². The van der Waals surface area contributed by atoms with Crippen LogP contribution in [0.3, 0.4) is 0 Å². The maximum Gasteiger partial charge on any atom is 0.412 e. The van der Waals surface area contributed by atoms with Gasteiger partial charge in [-0.2, -0.15) is 0 Å². The van der Waals surface area contributed by atoms with Crippen molar-refractivity contribution in [1.29, 1.82) is 0 Å². The lowest BCUT2D eigenvalue weighted by atomic mass is 10.2. The van der Waals surface area contributed by atoms with Crippen molar-refractivity contribution < 1.29 is 9.53 Å². The number of rotatable bonds is 3. The van der Waals surface area contributed by atoms with E-state index in [4.69, 9.17) is 4.74 Å². The first kappa shape index (κ1) is 15.4. The number of hydrogen-bond acceptors (Lipinski definition) is 3. The van der Waals surface area contributed by atoms with Gasteiger partial charge in [0.2, 0.25) is 0 Å². The van der Waals surface area contributed by atoms with Crippen molar-refractivity contribution in [3.63, 3.8) is 0 Å². The highest BCUT2D eigenvalue weighted by Crippen LogP contribution is 2.33. The number of anilines is 1. The molecular formula is C13H18BrNO2S. The maximum absolute atomic E-state index is 11.8. The lowest BCUT2D eigenvalue weighted by molar-refractivity contribution is 0.0635. The summed E-state index contributed by atoms with van der Waals surface area (Å²) in [5.74, 6) is 0.944. The molecule has 0 unspecified atom stereocenters. The van der Waals surface area contributed by atoms with E-state index < -0.39 is 11.7 Å². The number of carbonyl (C=O) groups is 1. The van der Waals surface area contributed by atoms with Crippen LogP contribution in [-0.2, 0) is 4.74 Å². The third-order valence-corrected chi connectivity index (χ3v) is 3.50. The number of halogens is 1. The Hall–Kier alpha value is -0.680. The molecule has 18 heavy (non-hydrogen) atoms. The number of benzene rings is 1. The molecule has 0 saturated carbocycles. The van der Waals surface area contributed by atoms with Crippen LogP contribution in [0.4, 0.5) is 10.5 Å². The molecular weight excluding hydrogens is 314 g/mol. The Kier molecular flexibility index (Phi) is 5.53. The first-order valence-corrected chi connectivity index (χ1v) is 7.52. The monoisotopic (exact) mass is 331 g/mol. The molecule has 0 aliphatic rings. The molecule has 1 amide bonds. The van der Waals surface area contributed by atoms with E-state index in [2.05, 4.69) is 28.2 Å². The molecule has 0 bridgehead atoms. The number of thioether (sulfide) groups is 1. The summed E-state index contributed by atoms with van der Waals surface area (Å²) in [4.78, 5) is 12.8. The summed E-state index contributed by atoms with van der Waals surface area (Å²) < 4.78 is 6.10. The van der Waals surface area contributed by atoms with Crippen molar-refractivity contribution in [2.24, 2.45) is 0 Å². The van der Waals surface area contributed by atoms with Gasteiger partial charge in [-0.3, -0.25) is 5.32 Å². The fourth-order valence-corrected chi connectivity index (χ4v) is 2.69. The third kappa shape index (κ3) is 4.90. The zero-order valence-electron chi connectivity index (χ0n) is 11.0. The molecule has 1 rings (SSSR count). The van der Waals surface area contributed by atoms with Crippen LogP contribution in [0.1, 0.15) is 27.7 Å². The molecule has 1 N–H and O–H groups in total. The quantitative estimate of drug-likeness (QED) is 0.800. The van der Waals surface area contributed by atoms with Gasteiger partial charge in [0, 0.05) is 9.37 Å². The molecule has 3 nitrogen and oxygen atoms in total. The number of amides is 1. The molecule has 0 atom stereocenters. The summed E-state index contributed by atoms with van der Waals surface area (Å²) in [7, 11) is 0. The van der Waals surface area contributed by atoms with Crippen molar-refractivity contribution in [3.8, 4) is 0 Å². The summed E-state index contributed by atoms with van der Waals surface area (Å²) in [6.45, 7) is 7.60. The van der Waals surface area contributed by atoms with E-state index in [1.807, 2.05) is 39.0 Å². The molecule has 5 heteroatoms. The van der Waals surface area contributed by atoms with Gasteiger partial charge in [0.25, 0.3) is 0 Å². The van der Waals surface area contributed by atoms with Crippen LogP contribution in [-0.4, -0.2) is 17.4 Å². The Balaban J connectivity index is 2.86. The molecule has 1 aromatic carbocycles. The molecule has 0 aliphatic heterocycles. The highest BCUT2D eigenvalue weighted by Gasteiger charge is 2.18. The predicted molar refractivity (Wildman–Crippen MR) is 80.4 cm³/mol. The van der Waals surface area contributed by atoms with E-state index in [0.717, 1.165) is 20.8 Å². The smallest absolute Gasteiger partial charge is 0.412 e. The molecule has 0 fully saturated rings. The third-order valence-electron chi connectivity index (χ3n) is 1.90. The SMILES string of the molecule is CCSc1cccc(Br)c1NC(=O)OC(C)(C)C. The zero-order valence-corrected chi connectivity index (χ0v) is 13.4. The molecule has 0 radical (unpaired) electrons. The van der Waals surface area contributed by atoms with Crippen LogP contribution in [0.25, 0.3) is 0 Å². The van der Waals surface area contributed by atoms with Gasteiger partial charge in [0.05, 0.1) is 5.69 Å². The molecule has 0 aromatic heterocycles. The molecule has 0 saturated heterocycles. The second-order valence-corrected chi connectivity index (χ2v) is 6.83. The number of nitrogens with one attached hydrogen (secondary N) is 1. The van der Waals surface area contributed by atoms with E-state index in [1.54, 1.807) is 11.8 Å². The number of hydrogen-bond donors (Lipinski definition) is 1. The molecule has 0 spiro atoms. The zero-order chi connectivity index (χ0) is 13.8. The highest BCUT2D eigenvalue weighted by atomic mass is 79.9. The predicted octanol–water partition coefficient (Wildman–Crippen LogP) is 4.91. The summed E-state index contributed by atoms with van der Waals surface area (Å²) in [6.07, 6.45) is -0.438. The van der Waals surface area contributed by atoms with E-state index in [1.165, 1.54) is 0 Å². The van der Waals surface area contributed by atoms with Gasteiger partial charge >= 0.3 is 6.09 Å². The molecule has 100 valence electrons. The van der Waals surface area contributed by atoms with Crippen LogP contribution in [0.5, 0.6) is 0 Å². The highest BCUT2D eigenvalue weighted by molar-refractivity contribution is 9.10. The Morgan fingerprint density at radius 2 is 2.11 bits per heavy atom. The Morgan fingerprint density at radius 3 is 2.67 bits per heavy atom. The van der Waals surface area contributed by atoms with Crippen molar-refractivity contribution in [2.75, 3.05) is 11.1 Å². The summed E-state index contributed by atoms with van der Waals surface area (Å²) in [5.41, 5.74) is 0.266. The van der Waals surface area contributed by atoms with Gasteiger partial charge in [-0.15, -0.1) is 11.8 Å². The summed E-state index contributed by atoms with van der Waals surface area (Å²) >= 11 is 5.12. The van der Waals surface area contributed by atoms with E-state index in [-0.39, 0.29) is 0 Å². The number of carbonyl (C=O) groups excluding carboxylic acids is 1. The molecule has 1 aromatic rings. The van der Waals surface area contributed by atoms with Crippen molar-refractivity contribution in [3.05, 3.63) is 22.7 Å². The molecule has 0 aliphatic carbocycles. The van der Waals surface area contributed by atoms with E-state index in [9.17, 15) is 4.79 Å². The Morgan fingerprint density at radius 1 is 1.44 bits per heavy atom. The van der Waals surface area contributed by atoms with Gasteiger partial charge in [0.1, 0.15) is 5.60 Å². The lowest BCUT2D eigenvalue weighted by Crippen LogP contribution is -2.27. The topological polar surface area (TPSA) is 38.3 Å².